The maximum atomic E-state index is 10.8. The summed E-state index contributed by atoms with van der Waals surface area (Å²) in [6, 6.07) is 3.22. The van der Waals surface area contributed by atoms with Crippen LogP contribution in [0.15, 0.2) is 12.1 Å². The first-order valence-electron chi connectivity index (χ1n) is 3.00. The molecule has 3 N–H and O–H groups in total. The molecular weight excluding hydrogens is 384 g/mol. The minimum absolute atomic E-state index is 0.0938. The van der Waals surface area contributed by atoms with Crippen LogP contribution >= 0.6 is 45.2 Å². The van der Waals surface area contributed by atoms with Crippen LogP contribution in [0.5, 0.6) is 5.75 Å². The molecule has 1 amide bonds. The second-order valence-corrected chi connectivity index (χ2v) is 4.48. The summed E-state index contributed by atoms with van der Waals surface area (Å²) < 4.78 is 1.29. The molecule has 0 aliphatic rings. The lowest BCUT2D eigenvalue weighted by Gasteiger charge is -2.02. The number of amides is 1. The molecule has 0 aromatic heterocycles. The summed E-state index contributed by atoms with van der Waals surface area (Å²) in [5.41, 5.74) is 5.46. The van der Waals surface area contributed by atoms with Crippen molar-refractivity contribution >= 4 is 51.1 Å². The van der Waals surface area contributed by atoms with Crippen molar-refractivity contribution in [2.45, 2.75) is 0 Å². The fourth-order valence-corrected chi connectivity index (χ4v) is 1.94. The molecule has 1 aromatic carbocycles. The highest BCUT2D eigenvalue weighted by atomic mass is 127. The second-order valence-electron chi connectivity index (χ2n) is 2.15. The quantitative estimate of drug-likeness (QED) is 0.719. The molecule has 0 bridgehead atoms. The molecule has 0 saturated heterocycles. The SMILES string of the molecule is NC(=O)c1cc(I)cc(O)c1I. The number of phenolic OH excluding ortho intramolecular Hbond substituents is 1. The number of aromatic hydroxyl groups is 1. The van der Waals surface area contributed by atoms with Gasteiger partial charge in [0.2, 0.25) is 5.91 Å². The van der Waals surface area contributed by atoms with Gasteiger partial charge in [-0.25, -0.2) is 0 Å². The molecule has 0 spiro atoms. The summed E-state index contributed by atoms with van der Waals surface area (Å²) >= 11 is 3.89. The van der Waals surface area contributed by atoms with Crippen LogP contribution in [-0.2, 0) is 0 Å². The highest BCUT2D eigenvalue weighted by molar-refractivity contribution is 14.1. The van der Waals surface area contributed by atoms with Gasteiger partial charge in [-0.3, -0.25) is 4.79 Å². The molecule has 1 aromatic rings. The van der Waals surface area contributed by atoms with E-state index in [2.05, 4.69) is 0 Å². The number of carbonyl (C=O) groups is 1. The van der Waals surface area contributed by atoms with Crippen LogP contribution in [0.25, 0.3) is 0 Å². The Balaban J connectivity index is 3.37. The third kappa shape index (κ3) is 2.00. The van der Waals surface area contributed by atoms with Gasteiger partial charge in [-0.05, 0) is 57.3 Å². The third-order valence-electron chi connectivity index (χ3n) is 1.28. The zero-order valence-electron chi connectivity index (χ0n) is 5.84. The van der Waals surface area contributed by atoms with E-state index in [1.807, 2.05) is 45.2 Å². The van der Waals surface area contributed by atoms with E-state index in [9.17, 15) is 9.90 Å². The fraction of sp³-hybridized carbons (Fsp3) is 0. The third-order valence-corrected chi connectivity index (χ3v) is 3.04. The van der Waals surface area contributed by atoms with Gasteiger partial charge < -0.3 is 10.8 Å². The molecule has 0 saturated carbocycles. The van der Waals surface area contributed by atoms with Crippen molar-refractivity contribution in [3.8, 4) is 5.75 Å². The van der Waals surface area contributed by atoms with E-state index >= 15 is 0 Å². The molecule has 0 heterocycles. The number of hydrogen-bond donors (Lipinski definition) is 2. The van der Waals surface area contributed by atoms with Gasteiger partial charge in [0.05, 0.1) is 9.13 Å². The summed E-state index contributed by atoms with van der Waals surface area (Å²) in [5, 5.41) is 9.31. The summed E-state index contributed by atoms with van der Waals surface area (Å²) in [4.78, 5) is 10.8. The van der Waals surface area contributed by atoms with Crippen molar-refractivity contribution in [2.75, 3.05) is 0 Å². The van der Waals surface area contributed by atoms with Gasteiger partial charge in [0.15, 0.2) is 0 Å². The Morgan fingerprint density at radius 3 is 2.50 bits per heavy atom. The zero-order valence-corrected chi connectivity index (χ0v) is 10.2. The molecule has 3 nitrogen and oxygen atoms in total. The van der Waals surface area contributed by atoms with E-state index in [0.29, 0.717) is 9.13 Å². The molecule has 0 atom stereocenters. The van der Waals surface area contributed by atoms with E-state index in [4.69, 9.17) is 5.73 Å². The van der Waals surface area contributed by atoms with Gasteiger partial charge in [-0.1, -0.05) is 0 Å². The van der Waals surface area contributed by atoms with Gasteiger partial charge in [-0.2, -0.15) is 0 Å². The number of nitrogens with two attached hydrogens (primary N) is 1. The normalized spacial score (nSPS) is 9.83. The van der Waals surface area contributed by atoms with Crippen molar-refractivity contribution in [2.24, 2.45) is 5.73 Å². The number of primary amides is 1. The van der Waals surface area contributed by atoms with Crippen molar-refractivity contribution in [1.82, 2.24) is 0 Å². The van der Waals surface area contributed by atoms with Crippen LogP contribution in [0, 0.1) is 7.14 Å². The monoisotopic (exact) mass is 389 g/mol. The smallest absolute Gasteiger partial charge is 0.249 e. The maximum Gasteiger partial charge on any atom is 0.249 e. The number of halogens is 2. The van der Waals surface area contributed by atoms with E-state index < -0.39 is 5.91 Å². The van der Waals surface area contributed by atoms with Gasteiger partial charge >= 0.3 is 0 Å². The zero-order chi connectivity index (χ0) is 9.30. The Hall–Kier alpha value is -0.0500. The average Bonchev–Trinajstić information content (AvgIpc) is 1.96. The van der Waals surface area contributed by atoms with Crippen LogP contribution in [0.4, 0.5) is 0 Å². The van der Waals surface area contributed by atoms with Gasteiger partial charge in [0, 0.05) is 3.57 Å². The molecule has 0 fully saturated rings. The van der Waals surface area contributed by atoms with Gasteiger partial charge in [0.25, 0.3) is 0 Å². The number of hydrogen-bond acceptors (Lipinski definition) is 2. The molecule has 5 heteroatoms. The van der Waals surface area contributed by atoms with E-state index in [1.54, 1.807) is 12.1 Å². The van der Waals surface area contributed by atoms with E-state index in [-0.39, 0.29) is 5.75 Å². The number of rotatable bonds is 1. The summed E-state index contributed by atoms with van der Waals surface area (Å²) in [5.74, 6) is -0.426. The van der Waals surface area contributed by atoms with Crippen LogP contribution in [0.2, 0.25) is 0 Å². The minimum Gasteiger partial charge on any atom is -0.507 e. The standard InChI is InChI=1S/C7H5I2NO2/c8-3-1-4(7(10)12)6(9)5(11)2-3/h1-2,11H,(H2,10,12). The molecule has 64 valence electrons. The topological polar surface area (TPSA) is 63.3 Å². The number of carbonyl (C=O) groups excluding carboxylic acids is 1. The second kappa shape index (κ2) is 3.77. The lowest BCUT2D eigenvalue weighted by molar-refractivity contribution is 0.0999. The van der Waals surface area contributed by atoms with Crippen LogP contribution in [0.1, 0.15) is 10.4 Å². The Bertz CT molecular complexity index is 338. The Morgan fingerprint density at radius 1 is 1.42 bits per heavy atom. The lowest BCUT2D eigenvalue weighted by atomic mass is 10.2. The predicted molar refractivity (Wildman–Crippen MR) is 62.1 cm³/mol. The highest BCUT2D eigenvalue weighted by Crippen LogP contribution is 2.25. The minimum atomic E-state index is -0.520. The van der Waals surface area contributed by atoms with E-state index in [0.717, 1.165) is 3.57 Å². The molecular formula is C7H5I2NO2. The van der Waals surface area contributed by atoms with Gasteiger partial charge in [-0.15, -0.1) is 0 Å². The summed E-state index contributed by atoms with van der Waals surface area (Å²) in [6.45, 7) is 0. The van der Waals surface area contributed by atoms with Crippen molar-refractivity contribution in [3.63, 3.8) is 0 Å². The molecule has 1 rings (SSSR count). The Kier molecular flexibility index (Phi) is 3.16. The Morgan fingerprint density at radius 2 is 2.00 bits per heavy atom. The fourth-order valence-electron chi connectivity index (χ4n) is 0.754. The predicted octanol–water partition coefficient (Wildman–Crippen LogP) is 1.70. The van der Waals surface area contributed by atoms with Crippen LogP contribution in [0.3, 0.4) is 0 Å². The summed E-state index contributed by atoms with van der Waals surface area (Å²) in [7, 11) is 0. The molecule has 0 aliphatic carbocycles. The molecule has 0 radical (unpaired) electrons. The first kappa shape index (κ1) is 10.0. The van der Waals surface area contributed by atoms with Crippen molar-refractivity contribution in [1.29, 1.82) is 0 Å². The molecule has 0 unspecified atom stereocenters. The number of benzene rings is 1. The number of phenols is 1. The highest BCUT2D eigenvalue weighted by Gasteiger charge is 2.10. The largest absolute Gasteiger partial charge is 0.507 e. The van der Waals surface area contributed by atoms with Gasteiger partial charge in [0.1, 0.15) is 5.75 Å². The van der Waals surface area contributed by atoms with E-state index in [1.165, 1.54) is 0 Å². The molecule has 0 aliphatic heterocycles. The first-order chi connectivity index (χ1) is 5.52. The lowest BCUT2D eigenvalue weighted by Crippen LogP contribution is -2.12. The maximum absolute atomic E-state index is 10.8. The van der Waals surface area contributed by atoms with Crippen LogP contribution < -0.4 is 5.73 Å². The van der Waals surface area contributed by atoms with Crippen molar-refractivity contribution < 1.29 is 9.90 Å². The average molecular weight is 389 g/mol. The summed E-state index contributed by atoms with van der Waals surface area (Å²) in [6.07, 6.45) is 0. The first-order valence-corrected chi connectivity index (χ1v) is 5.16. The van der Waals surface area contributed by atoms with Crippen LogP contribution in [-0.4, -0.2) is 11.0 Å². The Labute approximate surface area is 96.6 Å². The van der Waals surface area contributed by atoms with Crippen molar-refractivity contribution in [3.05, 3.63) is 24.8 Å². The molecule has 12 heavy (non-hydrogen) atoms.